The fourth-order valence-corrected chi connectivity index (χ4v) is 7.46. The number of unbranched alkanes of at least 4 members (excludes halogenated alkanes) is 20. The third kappa shape index (κ3) is 45.4. The Morgan fingerprint density at radius 3 is 1.33 bits per heavy atom. The van der Waals surface area contributed by atoms with Gasteiger partial charge >= 0.3 is 5.97 Å². The predicted octanol–water partition coefficient (Wildman–Crippen LogP) is 16.1. The van der Waals surface area contributed by atoms with Gasteiger partial charge in [0.2, 0.25) is 5.91 Å². The van der Waals surface area contributed by atoms with Gasteiger partial charge in [0.1, 0.15) is 6.10 Å². The molecule has 0 aromatic heterocycles. The van der Waals surface area contributed by atoms with Crippen LogP contribution in [0, 0.1) is 0 Å². The number of amides is 1. The van der Waals surface area contributed by atoms with Crippen molar-refractivity contribution in [3.63, 3.8) is 0 Å². The van der Waals surface area contributed by atoms with Crippen molar-refractivity contribution in [3.8, 4) is 0 Å². The molecule has 0 rings (SSSR count). The van der Waals surface area contributed by atoms with Gasteiger partial charge in [-0.2, -0.15) is 0 Å². The van der Waals surface area contributed by atoms with Crippen molar-refractivity contribution in [1.82, 2.24) is 5.32 Å². The molecule has 0 saturated heterocycles. The first-order valence-electron chi connectivity index (χ1n) is 26.5. The van der Waals surface area contributed by atoms with Crippen LogP contribution in [0.3, 0.4) is 0 Å². The summed E-state index contributed by atoms with van der Waals surface area (Å²) in [6.45, 7) is 6.23. The minimum atomic E-state index is -0.826. The van der Waals surface area contributed by atoms with E-state index in [-0.39, 0.29) is 24.9 Å². The fourth-order valence-electron chi connectivity index (χ4n) is 7.46. The molecule has 3 unspecified atom stereocenters. The van der Waals surface area contributed by atoms with Crippen molar-refractivity contribution >= 4 is 11.9 Å². The van der Waals surface area contributed by atoms with Crippen LogP contribution in [0.25, 0.3) is 0 Å². The Morgan fingerprint density at radius 1 is 0.484 bits per heavy atom. The molecule has 0 aliphatic rings. The summed E-state index contributed by atoms with van der Waals surface area (Å²) in [5.41, 5.74) is 0. The first kappa shape index (κ1) is 60.8. The number of carbonyl (C=O) groups is 2. The number of allylic oxidation sites excluding steroid dienone is 15. The summed E-state index contributed by atoms with van der Waals surface area (Å²) >= 11 is 0. The zero-order chi connectivity index (χ0) is 46.7. The van der Waals surface area contributed by atoms with Crippen LogP contribution in [0.2, 0.25) is 0 Å². The number of nitrogens with one attached hydrogen (secondary N) is 1. The summed E-state index contributed by atoms with van der Waals surface area (Å²) in [4.78, 5) is 26.1. The minimum Gasteiger partial charge on any atom is -0.458 e. The van der Waals surface area contributed by atoms with Crippen molar-refractivity contribution < 1.29 is 24.5 Å². The lowest BCUT2D eigenvalue weighted by Gasteiger charge is -2.23. The largest absolute Gasteiger partial charge is 0.458 e. The average molecular weight is 890 g/mol. The molecule has 3 atom stereocenters. The highest BCUT2D eigenvalue weighted by Gasteiger charge is 2.23. The van der Waals surface area contributed by atoms with Crippen LogP contribution >= 0.6 is 0 Å². The monoisotopic (exact) mass is 890 g/mol. The molecule has 0 spiro atoms. The highest BCUT2D eigenvalue weighted by atomic mass is 16.5. The highest BCUT2D eigenvalue weighted by molar-refractivity contribution is 5.78. The summed E-state index contributed by atoms with van der Waals surface area (Å²) in [5.74, 6) is -0.644. The van der Waals surface area contributed by atoms with Crippen LogP contribution in [-0.4, -0.2) is 46.9 Å². The quantitative estimate of drug-likeness (QED) is 0.0321. The molecule has 0 saturated carbocycles. The first-order valence-corrected chi connectivity index (χ1v) is 26.5. The van der Waals surface area contributed by atoms with Gasteiger partial charge in [-0.15, -0.1) is 0 Å². The smallest absolute Gasteiger partial charge is 0.306 e. The molecule has 0 bridgehead atoms. The van der Waals surface area contributed by atoms with E-state index in [2.05, 4.69) is 111 Å². The van der Waals surface area contributed by atoms with Crippen LogP contribution in [0.1, 0.15) is 233 Å². The maximum absolute atomic E-state index is 13.2. The van der Waals surface area contributed by atoms with Gasteiger partial charge in [0, 0.05) is 6.42 Å². The van der Waals surface area contributed by atoms with E-state index in [0.29, 0.717) is 19.3 Å². The van der Waals surface area contributed by atoms with Crippen LogP contribution < -0.4 is 5.32 Å². The number of aliphatic hydroxyl groups excluding tert-OH is 2. The lowest BCUT2D eigenvalue weighted by atomic mass is 10.0. The average Bonchev–Trinajstić information content (AvgIpc) is 3.29. The molecule has 0 heterocycles. The maximum atomic E-state index is 13.2. The van der Waals surface area contributed by atoms with Crippen LogP contribution in [0.4, 0.5) is 0 Å². The fraction of sp³-hybridized carbons (Fsp3) is 0.690. The Bertz CT molecular complexity index is 1270. The lowest BCUT2D eigenvalue weighted by molar-refractivity contribution is -0.148. The molecule has 0 aromatic carbocycles. The van der Waals surface area contributed by atoms with Crippen molar-refractivity contribution in [2.75, 3.05) is 6.61 Å². The highest BCUT2D eigenvalue weighted by Crippen LogP contribution is 2.16. The molecule has 6 heteroatoms. The van der Waals surface area contributed by atoms with Crippen molar-refractivity contribution in [2.45, 2.75) is 251 Å². The Labute approximate surface area is 395 Å². The Morgan fingerprint density at radius 2 is 0.875 bits per heavy atom. The second-order valence-electron chi connectivity index (χ2n) is 17.5. The van der Waals surface area contributed by atoms with E-state index in [9.17, 15) is 19.8 Å². The van der Waals surface area contributed by atoms with Gasteiger partial charge in [-0.25, -0.2) is 0 Å². The Balaban J connectivity index is 4.78. The van der Waals surface area contributed by atoms with Crippen LogP contribution in [-0.2, 0) is 14.3 Å². The van der Waals surface area contributed by atoms with Crippen molar-refractivity contribution in [3.05, 3.63) is 97.2 Å². The molecule has 1 amide bonds. The van der Waals surface area contributed by atoms with E-state index in [1.54, 1.807) is 6.08 Å². The standard InChI is InChI=1S/C58H99NO5/c1-4-7-10-13-16-19-22-25-28-29-30-31-34-37-40-43-46-49-54(64-58(63)51-48-45-42-39-36-33-27-24-21-18-15-12-9-6-3)52-57(62)59-55(53-60)56(61)50-47-44-41-38-35-32-26-23-20-17-14-11-8-5-2/h7,9-10,12,16,18-19,21,25,28,30-31,37,40,46,49,54-56,60-61H,4-6,8,11,13-15,17,20,22-24,26-27,29,32-36,38-39,41-45,47-48,50-53H2,1-3H3,(H,59,62)/b10-7-,12-9+,19-16-,21-18+,28-25-,31-30-,40-37-,49-46-. The molecule has 0 fully saturated rings. The zero-order valence-electron chi connectivity index (χ0n) is 41.6. The molecule has 0 aliphatic carbocycles. The molecule has 0 aromatic rings. The molecular weight excluding hydrogens is 791 g/mol. The summed E-state index contributed by atoms with van der Waals surface area (Å²) in [5, 5.41) is 23.7. The number of rotatable bonds is 46. The molecule has 0 radical (unpaired) electrons. The minimum absolute atomic E-state index is 0.0549. The molecule has 0 aliphatic heterocycles. The molecular formula is C58H99NO5. The number of esters is 1. The van der Waals surface area contributed by atoms with E-state index in [4.69, 9.17) is 4.74 Å². The van der Waals surface area contributed by atoms with Crippen LogP contribution in [0.5, 0.6) is 0 Å². The normalized spacial score (nSPS) is 14.0. The van der Waals surface area contributed by atoms with Gasteiger partial charge in [-0.1, -0.05) is 234 Å². The molecule has 366 valence electrons. The second-order valence-corrected chi connectivity index (χ2v) is 17.5. The Kier molecular flexibility index (Phi) is 48.2. The number of aliphatic hydroxyl groups is 2. The number of ether oxygens (including phenoxy) is 1. The van der Waals surface area contributed by atoms with Gasteiger partial charge in [0.05, 0.1) is 25.2 Å². The SMILES string of the molecule is CC/C=C\C/C=C\C/C=C\C/C=C\C/C=C\C/C=C\C(CC(=O)NC(CO)C(O)CCCCCCCCCCCCCCCC)OC(=O)CCCCCCCCC/C=C/C/C=C/CC. The number of hydrogen-bond acceptors (Lipinski definition) is 5. The van der Waals surface area contributed by atoms with Gasteiger partial charge in [0.15, 0.2) is 0 Å². The third-order valence-corrected chi connectivity index (χ3v) is 11.4. The second kappa shape index (κ2) is 50.8. The van der Waals surface area contributed by atoms with Crippen molar-refractivity contribution in [1.29, 1.82) is 0 Å². The van der Waals surface area contributed by atoms with E-state index in [1.807, 2.05) is 6.08 Å². The number of hydrogen-bond donors (Lipinski definition) is 3. The van der Waals surface area contributed by atoms with Gasteiger partial charge in [-0.3, -0.25) is 9.59 Å². The van der Waals surface area contributed by atoms with E-state index in [1.165, 1.54) is 96.3 Å². The van der Waals surface area contributed by atoms with Gasteiger partial charge < -0.3 is 20.3 Å². The predicted molar refractivity (Wildman–Crippen MR) is 277 cm³/mol. The van der Waals surface area contributed by atoms with Gasteiger partial charge in [0.25, 0.3) is 0 Å². The van der Waals surface area contributed by atoms with Crippen molar-refractivity contribution in [2.24, 2.45) is 0 Å². The lowest BCUT2D eigenvalue weighted by Crippen LogP contribution is -2.46. The van der Waals surface area contributed by atoms with Gasteiger partial charge in [-0.05, 0) is 83.1 Å². The van der Waals surface area contributed by atoms with E-state index in [0.717, 1.165) is 89.9 Å². The maximum Gasteiger partial charge on any atom is 0.306 e. The first-order chi connectivity index (χ1) is 31.5. The summed E-state index contributed by atoms with van der Waals surface area (Å²) in [6.07, 6.45) is 67.8. The molecule has 3 N–H and O–H groups in total. The zero-order valence-corrected chi connectivity index (χ0v) is 41.6. The Hall–Kier alpha value is -3.22. The number of carbonyl (C=O) groups excluding carboxylic acids is 2. The topological polar surface area (TPSA) is 95.9 Å². The van der Waals surface area contributed by atoms with E-state index >= 15 is 0 Å². The van der Waals surface area contributed by atoms with Crippen LogP contribution in [0.15, 0.2) is 97.2 Å². The summed E-state index contributed by atoms with van der Waals surface area (Å²) < 4.78 is 5.83. The molecule has 6 nitrogen and oxygen atoms in total. The van der Waals surface area contributed by atoms with E-state index < -0.39 is 18.2 Å². The summed E-state index contributed by atoms with van der Waals surface area (Å²) in [7, 11) is 0. The molecule has 64 heavy (non-hydrogen) atoms. The summed E-state index contributed by atoms with van der Waals surface area (Å²) in [6, 6.07) is -0.750. The third-order valence-electron chi connectivity index (χ3n) is 11.4.